The molecule has 8 nitrogen and oxygen atoms in total. The molecular formula is C25H28F3N5O3. The van der Waals surface area contributed by atoms with Crippen molar-refractivity contribution in [2.75, 3.05) is 36.4 Å². The molecule has 1 N–H and O–H groups in total. The maximum absolute atomic E-state index is 13.5. The van der Waals surface area contributed by atoms with E-state index >= 15 is 0 Å². The zero-order valence-corrected chi connectivity index (χ0v) is 20.3. The van der Waals surface area contributed by atoms with E-state index < -0.39 is 16.7 Å². The number of fused-ring (bicyclic) bond motifs is 1. The quantitative estimate of drug-likeness (QED) is 0.367. The van der Waals surface area contributed by atoms with Crippen LogP contribution in [0.15, 0.2) is 48.7 Å². The van der Waals surface area contributed by atoms with E-state index in [0.717, 1.165) is 17.8 Å². The number of anilines is 2. The number of hydrogen-bond acceptors (Lipinski definition) is 6. The number of piperazine rings is 1. The van der Waals surface area contributed by atoms with Crippen molar-refractivity contribution in [2.45, 2.75) is 33.5 Å². The van der Waals surface area contributed by atoms with E-state index in [4.69, 9.17) is 0 Å². The van der Waals surface area contributed by atoms with Crippen LogP contribution in [0.2, 0.25) is 0 Å². The molecule has 1 aliphatic heterocycles. The van der Waals surface area contributed by atoms with Gasteiger partial charge in [-0.25, -0.2) is 0 Å². The monoisotopic (exact) mass is 503 g/mol. The maximum atomic E-state index is 13.5. The first-order valence-electron chi connectivity index (χ1n) is 11.6. The summed E-state index contributed by atoms with van der Waals surface area (Å²) in [5, 5.41) is 14.5. The Hall–Kier alpha value is -3.89. The SMILES string of the molecule is CC.CC(=O)N1CCN(c2cnc3cc(C(F)(F)F)cc(NCc4cccc([N+](=O)[O-])c4)c3c2)CC1. The number of alkyl halides is 3. The van der Waals surface area contributed by atoms with Crippen molar-refractivity contribution >= 4 is 33.9 Å². The van der Waals surface area contributed by atoms with Gasteiger partial charge in [-0.2, -0.15) is 13.2 Å². The van der Waals surface area contributed by atoms with Crippen LogP contribution in [0.4, 0.5) is 30.2 Å². The number of nitro benzene ring substituents is 1. The number of carbonyl (C=O) groups is 1. The predicted octanol–water partition coefficient (Wildman–Crippen LogP) is 5.47. The van der Waals surface area contributed by atoms with E-state index in [-0.39, 0.29) is 29.3 Å². The van der Waals surface area contributed by atoms with Crippen LogP contribution in [0.25, 0.3) is 10.9 Å². The fourth-order valence-electron chi connectivity index (χ4n) is 3.96. The fraction of sp³-hybridized carbons (Fsp3) is 0.360. The number of benzene rings is 2. The smallest absolute Gasteiger partial charge is 0.380 e. The topological polar surface area (TPSA) is 91.6 Å². The third kappa shape index (κ3) is 6.21. The van der Waals surface area contributed by atoms with E-state index in [1.807, 2.05) is 18.7 Å². The first kappa shape index (κ1) is 26.7. The number of nitro groups is 1. The minimum Gasteiger partial charge on any atom is -0.380 e. The highest BCUT2D eigenvalue weighted by atomic mass is 19.4. The molecule has 1 fully saturated rings. The molecule has 1 saturated heterocycles. The number of pyridine rings is 1. The van der Waals surface area contributed by atoms with Gasteiger partial charge in [0.25, 0.3) is 5.69 Å². The summed E-state index contributed by atoms with van der Waals surface area (Å²) in [6, 6.07) is 9.73. The second kappa shape index (κ2) is 11.2. The van der Waals surface area contributed by atoms with Crippen molar-refractivity contribution in [2.24, 2.45) is 0 Å². The Labute approximate surface area is 206 Å². The summed E-state index contributed by atoms with van der Waals surface area (Å²) in [6.45, 7) is 7.90. The van der Waals surface area contributed by atoms with Crippen molar-refractivity contribution < 1.29 is 22.9 Å². The average Bonchev–Trinajstić information content (AvgIpc) is 2.87. The van der Waals surface area contributed by atoms with Crippen LogP contribution < -0.4 is 10.2 Å². The molecule has 0 saturated carbocycles. The molecule has 11 heteroatoms. The van der Waals surface area contributed by atoms with E-state index in [0.29, 0.717) is 37.1 Å². The molecule has 1 amide bonds. The van der Waals surface area contributed by atoms with Gasteiger partial charge in [-0.3, -0.25) is 19.9 Å². The lowest BCUT2D eigenvalue weighted by molar-refractivity contribution is -0.384. The van der Waals surface area contributed by atoms with Crippen LogP contribution in [0.1, 0.15) is 31.9 Å². The predicted molar refractivity (Wildman–Crippen MR) is 133 cm³/mol. The lowest BCUT2D eigenvalue weighted by atomic mass is 10.1. The third-order valence-electron chi connectivity index (χ3n) is 5.81. The van der Waals surface area contributed by atoms with Crippen LogP contribution in [-0.4, -0.2) is 46.9 Å². The highest BCUT2D eigenvalue weighted by Gasteiger charge is 2.32. The number of nitrogens with one attached hydrogen (secondary N) is 1. The molecule has 4 rings (SSSR count). The first-order valence-corrected chi connectivity index (χ1v) is 11.6. The minimum absolute atomic E-state index is 0.00333. The summed E-state index contributed by atoms with van der Waals surface area (Å²) in [5.41, 5.74) is 0.785. The Kier molecular flexibility index (Phi) is 8.33. The van der Waals surface area contributed by atoms with Gasteiger partial charge < -0.3 is 15.1 Å². The molecule has 0 radical (unpaired) electrons. The van der Waals surface area contributed by atoms with Crippen molar-refractivity contribution in [1.29, 1.82) is 0 Å². The van der Waals surface area contributed by atoms with E-state index in [1.54, 1.807) is 17.0 Å². The molecule has 2 heterocycles. The lowest BCUT2D eigenvalue weighted by Gasteiger charge is -2.35. The Morgan fingerprint density at radius 2 is 1.81 bits per heavy atom. The standard InChI is InChI=1S/C23H22F3N5O3.C2H6/c1-15(32)29-5-7-30(8-6-29)19-12-20-21(10-17(23(24,25)26)11-22(20)28-14-19)27-13-16-3-2-4-18(9-16)31(33)34;1-2/h2-4,9-12,14,27H,5-8,13H2,1H3;1-2H3. The Bertz CT molecular complexity index is 1240. The second-order valence-corrected chi connectivity index (χ2v) is 8.06. The normalized spacial score (nSPS) is 13.7. The number of aromatic nitrogens is 1. The van der Waals surface area contributed by atoms with E-state index in [1.165, 1.54) is 31.3 Å². The molecule has 3 aromatic rings. The summed E-state index contributed by atoms with van der Waals surface area (Å²) in [7, 11) is 0. The summed E-state index contributed by atoms with van der Waals surface area (Å²) in [5.74, 6) is 0.00333. The number of amides is 1. The molecule has 192 valence electrons. The first-order chi connectivity index (χ1) is 17.1. The highest BCUT2D eigenvalue weighted by Crippen LogP contribution is 2.36. The summed E-state index contributed by atoms with van der Waals surface area (Å²) >= 11 is 0. The zero-order chi connectivity index (χ0) is 26.5. The average molecular weight is 504 g/mol. The van der Waals surface area contributed by atoms with Crippen LogP contribution in [0, 0.1) is 10.1 Å². The number of nitrogens with zero attached hydrogens (tertiary/aromatic N) is 4. The molecule has 2 aromatic carbocycles. The molecule has 1 aromatic heterocycles. The zero-order valence-electron chi connectivity index (χ0n) is 20.3. The molecule has 0 spiro atoms. The molecule has 0 bridgehead atoms. The van der Waals surface area contributed by atoms with Crippen LogP contribution in [0.3, 0.4) is 0 Å². The minimum atomic E-state index is -4.56. The van der Waals surface area contributed by atoms with Gasteiger partial charge >= 0.3 is 6.18 Å². The van der Waals surface area contributed by atoms with Gasteiger partial charge in [-0.15, -0.1) is 0 Å². The second-order valence-electron chi connectivity index (χ2n) is 8.06. The number of halogens is 3. The number of rotatable bonds is 5. The molecule has 0 aliphatic carbocycles. The number of non-ortho nitro benzene ring substituents is 1. The van der Waals surface area contributed by atoms with Crippen molar-refractivity contribution in [3.63, 3.8) is 0 Å². The Morgan fingerprint density at radius 3 is 2.42 bits per heavy atom. The molecular weight excluding hydrogens is 475 g/mol. The van der Waals surface area contributed by atoms with Crippen LogP contribution in [0.5, 0.6) is 0 Å². The molecule has 0 unspecified atom stereocenters. The lowest BCUT2D eigenvalue weighted by Crippen LogP contribution is -2.48. The number of carbonyl (C=O) groups excluding carboxylic acids is 1. The van der Waals surface area contributed by atoms with Gasteiger partial charge in [-0.05, 0) is 23.8 Å². The van der Waals surface area contributed by atoms with Crippen molar-refractivity contribution in [3.8, 4) is 0 Å². The van der Waals surface area contributed by atoms with E-state index in [2.05, 4.69) is 10.3 Å². The maximum Gasteiger partial charge on any atom is 0.416 e. The van der Waals surface area contributed by atoms with Gasteiger partial charge in [-0.1, -0.05) is 26.0 Å². The van der Waals surface area contributed by atoms with Crippen molar-refractivity contribution in [1.82, 2.24) is 9.88 Å². The van der Waals surface area contributed by atoms with Crippen LogP contribution in [-0.2, 0) is 17.5 Å². The van der Waals surface area contributed by atoms with Gasteiger partial charge in [0.05, 0.1) is 27.9 Å². The van der Waals surface area contributed by atoms with Crippen molar-refractivity contribution in [3.05, 3.63) is 69.9 Å². The largest absolute Gasteiger partial charge is 0.416 e. The summed E-state index contributed by atoms with van der Waals surface area (Å²) in [4.78, 5) is 30.1. The Morgan fingerprint density at radius 1 is 1.11 bits per heavy atom. The molecule has 1 aliphatic rings. The van der Waals surface area contributed by atoms with Gasteiger partial charge in [0.1, 0.15) is 0 Å². The fourth-order valence-corrected chi connectivity index (χ4v) is 3.96. The number of hydrogen-bond donors (Lipinski definition) is 1. The van der Waals surface area contributed by atoms with Gasteiger partial charge in [0.15, 0.2) is 0 Å². The van der Waals surface area contributed by atoms with Gasteiger partial charge in [0, 0.05) is 62.9 Å². The van der Waals surface area contributed by atoms with Gasteiger partial charge in [0.2, 0.25) is 5.91 Å². The molecule has 0 atom stereocenters. The molecule has 36 heavy (non-hydrogen) atoms. The highest BCUT2D eigenvalue weighted by molar-refractivity contribution is 5.94. The van der Waals surface area contributed by atoms with Crippen LogP contribution >= 0.6 is 0 Å². The Balaban J connectivity index is 0.00000176. The summed E-state index contributed by atoms with van der Waals surface area (Å²) < 4.78 is 40.5. The van der Waals surface area contributed by atoms with E-state index in [9.17, 15) is 28.1 Å². The third-order valence-corrected chi connectivity index (χ3v) is 5.81. The summed E-state index contributed by atoms with van der Waals surface area (Å²) in [6.07, 6.45) is -3.02.